The fourth-order valence-electron chi connectivity index (χ4n) is 1.70. The summed E-state index contributed by atoms with van der Waals surface area (Å²) in [4.78, 5) is 0. The summed E-state index contributed by atoms with van der Waals surface area (Å²) in [6.45, 7) is 1.87. The molecule has 5 heteroatoms. The molecule has 0 fully saturated rings. The van der Waals surface area contributed by atoms with Gasteiger partial charge in [0.15, 0.2) is 5.82 Å². The van der Waals surface area contributed by atoms with Crippen LogP contribution in [-0.4, -0.2) is 0 Å². The zero-order valence-corrected chi connectivity index (χ0v) is 11.5. The smallest absolute Gasteiger partial charge is 0.160 e. The van der Waals surface area contributed by atoms with Gasteiger partial charge in [-0.2, -0.15) is 5.26 Å². The Morgan fingerprint density at radius 2 is 1.84 bits per heavy atom. The lowest BCUT2D eigenvalue weighted by atomic mass is 10.1. The van der Waals surface area contributed by atoms with Gasteiger partial charge < -0.3 is 5.32 Å². The quantitative estimate of drug-likeness (QED) is 0.786. The van der Waals surface area contributed by atoms with Crippen LogP contribution in [0.15, 0.2) is 30.3 Å². The maximum absolute atomic E-state index is 13.3. The third kappa shape index (κ3) is 2.81. The number of aryl methyl sites for hydroxylation is 1. The average molecular weight is 295 g/mol. The Morgan fingerprint density at radius 3 is 2.42 bits per heavy atom. The Hall–Kier alpha value is -1.76. The topological polar surface area (TPSA) is 35.8 Å². The van der Waals surface area contributed by atoms with Crippen LogP contribution in [0, 0.1) is 24.1 Å². The Balaban J connectivity index is 2.45. The van der Waals surface area contributed by atoms with Crippen molar-refractivity contribution in [2.24, 2.45) is 0 Å². The zero-order valence-electron chi connectivity index (χ0n) is 9.97. The van der Waals surface area contributed by atoms with E-state index in [0.29, 0.717) is 16.9 Å². The third-order valence-electron chi connectivity index (χ3n) is 2.65. The van der Waals surface area contributed by atoms with Gasteiger partial charge in [-0.1, -0.05) is 35.3 Å². The maximum atomic E-state index is 13.3. The fourth-order valence-corrected chi connectivity index (χ4v) is 2.19. The number of benzene rings is 2. The van der Waals surface area contributed by atoms with Crippen molar-refractivity contribution in [1.29, 1.82) is 5.26 Å². The van der Waals surface area contributed by atoms with Gasteiger partial charge in [0.25, 0.3) is 0 Å². The number of nitriles is 1. The summed E-state index contributed by atoms with van der Waals surface area (Å²) in [5.41, 5.74) is 2.58. The van der Waals surface area contributed by atoms with Crippen LogP contribution in [0.3, 0.4) is 0 Å². The molecular weight excluding hydrogens is 286 g/mol. The Morgan fingerprint density at radius 1 is 1.21 bits per heavy atom. The molecule has 0 aliphatic heterocycles. The zero-order chi connectivity index (χ0) is 14.0. The van der Waals surface area contributed by atoms with Gasteiger partial charge in [-0.05, 0) is 30.7 Å². The monoisotopic (exact) mass is 294 g/mol. The summed E-state index contributed by atoms with van der Waals surface area (Å²) in [6.07, 6.45) is 0. The van der Waals surface area contributed by atoms with Crippen molar-refractivity contribution in [3.8, 4) is 6.07 Å². The molecule has 2 aromatic carbocycles. The van der Waals surface area contributed by atoms with Gasteiger partial charge in [0.2, 0.25) is 0 Å². The van der Waals surface area contributed by atoms with Gasteiger partial charge in [-0.25, -0.2) is 4.39 Å². The van der Waals surface area contributed by atoms with Gasteiger partial charge in [-0.3, -0.25) is 0 Å². The average Bonchev–Trinajstić information content (AvgIpc) is 2.38. The van der Waals surface area contributed by atoms with Crippen molar-refractivity contribution < 1.29 is 4.39 Å². The normalized spacial score (nSPS) is 10.1. The molecule has 0 atom stereocenters. The van der Waals surface area contributed by atoms with E-state index in [4.69, 9.17) is 28.5 Å². The van der Waals surface area contributed by atoms with E-state index in [1.165, 1.54) is 12.1 Å². The molecule has 2 aromatic rings. The third-order valence-corrected chi connectivity index (χ3v) is 3.20. The molecule has 0 heterocycles. The van der Waals surface area contributed by atoms with Crippen molar-refractivity contribution in [1.82, 2.24) is 0 Å². The minimum atomic E-state index is -0.654. The number of hydrogen-bond acceptors (Lipinski definition) is 2. The minimum absolute atomic E-state index is 0.0675. The summed E-state index contributed by atoms with van der Waals surface area (Å²) in [6, 6.07) is 10.3. The number of para-hydroxylation sites is 1. The number of hydrogen-bond donors (Lipinski definition) is 1. The molecule has 19 heavy (non-hydrogen) atoms. The van der Waals surface area contributed by atoms with E-state index in [9.17, 15) is 4.39 Å². The Kier molecular flexibility index (Phi) is 3.94. The number of nitrogens with one attached hydrogen (secondary N) is 1. The van der Waals surface area contributed by atoms with Gasteiger partial charge >= 0.3 is 0 Å². The first-order chi connectivity index (χ1) is 9.02. The first kappa shape index (κ1) is 13.7. The standard InChI is InChI=1S/C14H9Cl2FN2/c1-8-3-2-4-9(7-18)14(8)19-10-5-11(15)13(17)12(16)6-10/h2-6,19H,1H3. The van der Waals surface area contributed by atoms with Crippen LogP contribution in [0.1, 0.15) is 11.1 Å². The number of nitrogens with zero attached hydrogens (tertiary/aromatic N) is 1. The molecule has 2 nitrogen and oxygen atoms in total. The highest BCUT2D eigenvalue weighted by Crippen LogP contribution is 2.31. The van der Waals surface area contributed by atoms with Gasteiger partial charge in [0, 0.05) is 5.69 Å². The van der Waals surface area contributed by atoms with Crippen molar-refractivity contribution in [3.05, 3.63) is 57.3 Å². The maximum Gasteiger partial charge on any atom is 0.160 e. The lowest BCUT2D eigenvalue weighted by Gasteiger charge is -2.12. The lowest BCUT2D eigenvalue weighted by Crippen LogP contribution is -1.97. The van der Waals surface area contributed by atoms with E-state index in [1.807, 2.05) is 13.0 Å². The van der Waals surface area contributed by atoms with Crippen LogP contribution in [0.2, 0.25) is 10.0 Å². The minimum Gasteiger partial charge on any atom is -0.354 e. The number of halogens is 3. The van der Waals surface area contributed by atoms with Gasteiger partial charge in [0.05, 0.1) is 21.3 Å². The molecule has 0 radical (unpaired) electrons. The highest BCUT2D eigenvalue weighted by Gasteiger charge is 2.10. The molecule has 0 saturated carbocycles. The predicted octanol–water partition coefficient (Wildman–Crippen LogP) is 5.06. The highest BCUT2D eigenvalue weighted by atomic mass is 35.5. The summed E-state index contributed by atoms with van der Waals surface area (Å²) >= 11 is 11.5. The first-order valence-corrected chi connectivity index (χ1v) is 6.20. The number of rotatable bonds is 2. The van der Waals surface area contributed by atoms with E-state index in [0.717, 1.165) is 5.56 Å². The molecule has 0 aromatic heterocycles. The largest absolute Gasteiger partial charge is 0.354 e. The molecule has 96 valence electrons. The molecule has 1 N–H and O–H groups in total. The van der Waals surface area contributed by atoms with E-state index < -0.39 is 5.82 Å². The van der Waals surface area contributed by atoms with E-state index >= 15 is 0 Å². The Bertz CT molecular complexity index is 655. The predicted molar refractivity (Wildman–Crippen MR) is 75.6 cm³/mol. The second kappa shape index (κ2) is 5.48. The second-order valence-electron chi connectivity index (χ2n) is 3.99. The van der Waals surface area contributed by atoms with E-state index in [-0.39, 0.29) is 10.0 Å². The van der Waals surface area contributed by atoms with Gasteiger partial charge in [-0.15, -0.1) is 0 Å². The van der Waals surface area contributed by atoms with Crippen LogP contribution in [0.4, 0.5) is 15.8 Å². The van der Waals surface area contributed by atoms with Crippen LogP contribution in [0.5, 0.6) is 0 Å². The first-order valence-electron chi connectivity index (χ1n) is 5.44. The molecule has 0 aliphatic rings. The van der Waals surface area contributed by atoms with Crippen molar-refractivity contribution in [3.63, 3.8) is 0 Å². The van der Waals surface area contributed by atoms with Crippen LogP contribution < -0.4 is 5.32 Å². The van der Waals surface area contributed by atoms with Crippen LogP contribution in [0.25, 0.3) is 0 Å². The molecule has 0 aliphatic carbocycles. The SMILES string of the molecule is Cc1cccc(C#N)c1Nc1cc(Cl)c(F)c(Cl)c1. The lowest BCUT2D eigenvalue weighted by molar-refractivity contribution is 0.629. The molecule has 2 rings (SSSR count). The van der Waals surface area contributed by atoms with Crippen molar-refractivity contribution >= 4 is 34.6 Å². The van der Waals surface area contributed by atoms with E-state index in [1.54, 1.807) is 12.1 Å². The van der Waals surface area contributed by atoms with Crippen molar-refractivity contribution in [2.75, 3.05) is 5.32 Å². The molecule has 0 unspecified atom stereocenters. The van der Waals surface area contributed by atoms with Crippen LogP contribution >= 0.6 is 23.2 Å². The van der Waals surface area contributed by atoms with Crippen LogP contribution in [-0.2, 0) is 0 Å². The van der Waals surface area contributed by atoms with Gasteiger partial charge in [0.1, 0.15) is 6.07 Å². The second-order valence-corrected chi connectivity index (χ2v) is 4.80. The summed E-state index contributed by atoms with van der Waals surface area (Å²) in [5, 5.41) is 12.0. The number of anilines is 2. The molecule has 0 bridgehead atoms. The molecule has 0 amide bonds. The molecule has 0 saturated heterocycles. The summed E-state index contributed by atoms with van der Waals surface area (Å²) in [7, 11) is 0. The Labute approximate surface area is 120 Å². The summed E-state index contributed by atoms with van der Waals surface area (Å²) in [5.74, 6) is -0.654. The molecular formula is C14H9Cl2FN2. The molecule has 0 spiro atoms. The summed E-state index contributed by atoms with van der Waals surface area (Å²) < 4.78 is 13.3. The highest BCUT2D eigenvalue weighted by molar-refractivity contribution is 6.35. The van der Waals surface area contributed by atoms with E-state index in [2.05, 4.69) is 11.4 Å². The fraction of sp³-hybridized carbons (Fsp3) is 0.0714. The van der Waals surface area contributed by atoms with Crippen molar-refractivity contribution in [2.45, 2.75) is 6.92 Å².